The molecule has 1 N–H and O–H groups in total. The minimum Gasteiger partial charge on any atom is -0.477 e. The Hall–Kier alpha value is -1.20. The van der Waals surface area contributed by atoms with Crippen LogP contribution in [0.4, 0.5) is 0 Å². The highest BCUT2D eigenvalue weighted by Crippen LogP contribution is 2.36. The Morgan fingerprint density at radius 1 is 1.35 bits per heavy atom. The van der Waals surface area contributed by atoms with E-state index in [0.29, 0.717) is 10.6 Å². The first-order chi connectivity index (χ1) is 9.20. The summed E-state index contributed by atoms with van der Waals surface area (Å²) in [6.45, 7) is 8.07. The van der Waals surface area contributed by atoms with Crippen molar-refractivity contribution in [3.63, 3.8) is 0 Å². The predicted molar refractivity (Wildman–Crippen MR) is 85.6 cm³/mol. The minimum atomic E-state index is -0.921. The fourth-order valence-corrected chi connectivity index (χ4v) is 3.31. The molecule has 0 aliphatic rings. The van der Waals surface area contributed by atoms with Gasteiger partial charge in [-0.05, 0) is 24.6 Å². The highest BCUT2D eigenvalue weighted by atomic mass is 79.9. The van der Waals surface area contributed by atoms with Gasteiger partial charge in [0, 0.05) is 15.5 Å². The average molecular weight is 354 g/mol. The van der Waals surface area contributed by atoms with Gasteiger partial charge in [-0.15, -0.1) is 11.3 Å². The maximum absolute atomic E-state index is 11.5. The Kier molecular flexibility index (Phi) is 4.02. The topological polar surface area (TPSA) is 50.2 Å². The van der Waals surface area contributed by atoms with Gasteiger partial charge in [-0.2, -0.15) is 0 Å². The zero-order valence-corrected chi connectivity index (χ0v) is 14.2. The van der Waals surface area contributed by atoms with E-state index in [4.69, 9.17) is 0 Å². The standard InChI is InChI=1S/C15H16BrNO2S/c1-8-7-9(16)5-6-10(8)11-12(13(18)19)20-14(17-11)15(2,3)4/h5-7H,1-4H3,(H,18,19). The van der Waals surface area contributed by atoms with Gasteiger partial charge in [0.25, 0.3) is 0 Å². The van der Waals surface area contributed by atoms with E-state index in [2.05, 4.69) is 20.9 Å². The Labute approximate surface area is 130 Å². The summed E-state index contributed by atoms with van der Waals surface area (Å²) in [5, 5.41) is 10.3. The number of hydrogen-bond donors (Lipinski definition) is 1. The van der Waals surface area contributed by atoms with Crippen molar-refractivity contribution in [1.82, 2.24) is 4.98 Å². The fourth-order valence-electron chi connectivity index (χ4n) is 1.86. The molecule has 0 radical (unpaired) electrons. The summed E-state index contributed by atoms with van der Waals surface area (Å²) < 4.78 is 0.974. The summed E-state index contributed by atoms with van der Waals surface area (Å²) in [4.78, 5) is 16.4. The number of aryl methyl sites for hydroxylation is 1. The third-order valence-electron chi connectivity index (χ3n) is 2.91. The van der Waals surface area contributed by atoms with E-state index >= 15 is 0 Å². The summed E-state index contributed by atoms with van der Waals surface area (Å²) in [5.74, 6) is -0.921. The summed E-state index contributed by atoms with van der Waals surface area (Å²) in [6, 6.07) is 5.79. The second-order valence-electron chi connectivity index (χ2n) is 5.71. The molecule has 0 atom stereocenters. The maximum atomic E-state index is 11.5. The van der Waals surface area contributed by atoms with E-state index in [-0.39, 0.29) is 5.41 Å². The molecule has 5 heteroatoms. The van der Waals surface area contributed by atoms with E-state index in [0.717, 1.165) is 20.6 Å². The van der Waals surface area contributed by atoms with Crippen LogP contribution in [0.2, 0.25) is 0 Å². The van der Waals surface area contributed by atoms with E-state index in [1.807, 2.05) is 45.9 Å². The van der Waals surface area contributed by atoms with Crippen LogP contribution in [0.3, 0.4) is 0 Å². The van der Waals surface area contributed by atoms with Crippen LogP contribution in [-0.4, -0.2) is 16.1 Å². The number of carboxylic acid groups (broad SMARTS) is 1. The molecule has 1 aromatic carbocycles. The molecule has 0 aliphatic heterocycles. The quantitative estimate of drug-likeness (QED) is 0.837. The van der Waals surface area contributed by atoms with E-state index in [1.54, 1.807) is 0 Å². The van der Waals surface area contributed by atoms with Gasteiger partial charge in [-0.1, -0.05) is 42.8 Å². The van der Waals surface area contributed by atoms with Gasteiger partial charge in [-0.3, -0.25) is 0 Å². The van der Waals surface area contributed by atoms with Gasteiger partial charge in [0.05, 0.1) is 10.7 Å². The van der Waals surface area contributed by atoms with Crippen molar-refractivity contribution in [2.24, 2.45) is 0 Å². The van der Waals surface area contributed by atoms with Crippen molar-refractivity contribution in [3.8, 4) is 11.3 Å². The summed E-state index contributed by atoms with van der Waals surface area (Å²) in [7, 11) is 0. The van der Waals surface area contributed by atoms with Gasteiger partial charge in [-0.25, -0.2) is 9.78 Å². The highest BCUT2D eigenvalue weighted by Gasteiger charge is 2.25. The van der Waals surface area contributed by atoms with Crippen molar-refractivity contribution < 1.29 is 9.90 Å². The Morgan fingerprint density at radius 3 is 2.50 bits per heavy atom. The third kappa shape index (κ3) is 2.94. The maximum Gasteiger partial charge on any atom is 0.348 e. The molecule has 1 aromatic heterocycles. The molecule has 0 bridgehead atoms. The first-order valence-electron chi connectivity index (χ1n) is 6.21. The van der Waals surface area contributed by atoms with Crippen LogP contribution in [0.15, 0.2) is 22.7 Å². The lowest BCUT2D eigenvalue weighted by Crippen LogP contribution is -2.10. The zero-order valence-electron chi connectivity index (χ0n) is 11.8. The number of aromatic carboxylic acids is 1. The summed E-state index contributed by atoms with van der Waals surface area (Å²) in [5.41, 5.74) is 2.29. The second-order valence-corrected chi connectivity index (χ2v) is 7.63. The number of carbonyl (C=O) groups is 1. The highest BCUT2D eigenvalue weighted by molar-refractivity contribution is 9.10. The zero-order chi connectivity index (χ0) is 15.1. The number of nitrogens with zero attached hydrogens (tertiary/aromatic N) is 1. The number of aromatic nitrogens is 1. The van der Waals surface area contributed by atoms with Crippen LogP contribution in [0, 0.1) is 6.92 Å². The normalized spacial score (nSPS) is 11.7. The van der Waals surface area contributed by atoms with Crippen molar-refractivity contribution in [3.05, 3.63) is 38.1 Å². The smallest absolute Gasteiger partial charge is 0.348 e. The van der Waals surface area contributed by atoms with Gasteiger partial charge >= 0.3 is 5.97 Å². The van der Waals surface area contributed by atoms with Crippen molar-refractivity contribution in [1.29, 1.82) is 0 Å². The molecular weight excluding hydrogens is 338 g/mol. The molecule has 2 aromatic rings. The number of carboxylic acids is 1. The van der Waals surface area contributed by atoms with Gasteiger partial charge < -0.3 is 5.11 Å². The third-order valence-corrected chi connectivity index (χ3v) is 4.87. The molecule has 0 spiro atoms. The summed E-state index contributed by atoms with van der Waals surface area (Å²) >= 11 is 4.68. The molecule has 1 heterocycles. The van der Waals surface area contributed by atoms with Gasteiger partial charge in [0.2, 0.25) is 0 Å². The number of hydrogen-bond acceptors (Lipinski definition) is 3. The molecule has 0 aliphatic carbocycles. The monoisotopic (exact) mass is 353 g/mol. The van der Waals surface area contributed by atoms with Crippen molar-refractivity contribution in [2.45, 2.75) is 33.1 Å². The first kappa shape index (κ1) is 15.2. The van der Waals surface area contributed by atoms with Crippen LogP contribution in [0.5, 0.6) is 0 Å². The molecular formula is C15H16BrNO2S. The molecule has 20 heavy (non-hydrogen) atoms. The van der Waals surface area contributed by atoms with E-state index < -0.39 is 5.97 Å². The molecule has 3 nitrogen and oxygen atoms in total. The Morgan fingerprint density at radius 2 is 2.00 bits per heavy atom. The van der Waals surface area contributed by atoms with Gasteiger partial charge in [0.15, 0.2) is 0 Å². The fraction of sp³-hybridized carbons (Fsp3) is 0.333. The largest absolute Gasteiger partial charge is 0.477 e. The van der Waals surface area contributed by atoms with Crippen LogP contribution < -0.4 is 0 Å². The first-order valence-corrected chi connectivity index (χ1v) is 7.82. The lowest BCUT2D eigenvalue weighted by molar-refractivity contribution is 0.0702. The van der Waals surface area contributed by atoms with Crippen LogP contribution in [-0.2, 0) is 5.41 Å². The van der Waals surface area contributed by atoms with Crippen molar-refractivity contribution >= 4 is 33.2 Å². The molecule has 0 fully saturated rings. The number of halogens is 1. The number of thiazole rings is 1. The van der Waals surface area contributed by atoms with E-state index in [9.17, 15) is 9.90 Å². The predicted octanol–water partition coefficient (Wildman–Crippen LogP) is 4.88. The lowest BCUT2D eigenvalue weighted by atomic mass is 9.98. The Balaban J connectivity index is 2.66. The van der Waals surface area contributed by atoms with Crippen LogP contribution in [0.25, 0.3) is 11.3 Å². The molecule has 0 amide bonds. The molecule has 106 valence electrons. The number of benzene rings is 1. The summed E-state index contributed by atoms with van der Waals surface area (Å²) in [6.07, 6.45) is 0. The molecule has 0 saturated carbocycles. The Bertz CT molecular complexity index is 671. The van der Waals surface area contributed by atoms with Crippen LogP contribution >= 0.6 is 27.3 Å². The SMILES string of the molecule is Cc1cc(Br)ccc1-c1nc(C(C)(C)C)sc1C(=O)O. The lowest BCUT2D eigenvalue weighted by Gasteiger charge is -2.13. The number of rotatable bonds is 2. The molecule has 2 rings (SSSR count). The minimum absolute atomic E-state index is 0.156. The molecule has 0 unspecified atom stereocenters. The molecule has 0 saturated heterocycles. The average Bonchev–Trinajstić information content (AvgIpc) is 2.73. The van der Waals surface area contributed by atoms with Crippen molar-refractivity contribution in [2.75, 3.05) is 0 Å². The van der Waals surface area contributed by atoms with Crippen LogP contribution in [0.1, 0.15) is 41.0 Å². The van der Waals surface area contributed by atoms with Gasteiger partial charge in [0.1, 0.15) is 4.88 Å². The second kappa shape index (κ2) is 5.30. The van der Waals surface area contributed by atoms with E-state index in [1.165, 1.54) is 11.3 Å².